The minimum Gasteiger partial charge on any atom is -0.452 e. The van der Waals surface area contributed by atoms with Gasteiger partial charge in [-0.2, -0.15) is 0 Å². The molecule has 1 saturated carbocycles. The van der Waals surface area contributed by atoms with E-state index in [1.54, 1.807) is 24.3 Å². The Bertz CT molecular complexity index is 772. The second-order valence-electron chi connectivity index (χ2n) is 7.78. The van der Waals surface area contributed by atoms with Crippen LogP contribution in [0.1, 0.15) is 37.7 Å². The number of carbonyl (C=O) groups is 2. The van der Waals surface area contributed by atoms with Crippen LogP contribution >= 0.6 is 23.2 Å². The molecule has 0 aromatic heterocycles. The molecule has 1 aliphatic heterocycles. The van der Waals surface area contributed by atoms with Gasteiger partial charge < -0.3 is 14.8 Å². The SMILES string of the molecule is O=C(COC(=O)/C=C/c1ccc(Cl)c(Cl)c1)NCC1(N2CCOCC2)CCCCC1. The van der Waals surface area contributed by atoms with Crippen LogP contribution in [0.15, 0.2) is 24.3 Å². The minimum absolute atomic E-state index is 0.0184. The summed E-state index contributed by atoms with van der Waals surface area (Å²) in [7, 11) is 0. The number of morpholine rings is 1. The van der Waals surface area contributed by atoms with E-state index in [0.717, 1.165) is 44.7 Å². The molecule has 1 amide bonds. The van der Waals surface area contributed by atoms with Crippen molar-refractivity contribution in [2.75, 3.05) is 39.5 Å². The Labute approximate surface area is 187 Å². The molecule has 0 bridgehead atoms. The highest BCUT2D eigenvalue weighted by atomic mass is 35.5. The molecule has 0 atom stereocenters. The van der Waals surface area contributed by atoms with E-state index in [1.165, 1.54) is 25.3 Å². The van der Waals surface area contributed by atoms with Gasteiger partial charge in [-0.25, -0.2) is 4.79 Å². The summed E-state index contributed by atoms with van der Waals surface area (Å²) in [6.07, 6.45) is 8.55. The lowest BCUT2D eigenvalue weighted by Gasteiger charge is -2.48. The molecular formula is C22H28Cl2N2O4. The van der Waals surface area contributed by atoms with Crippen LogP contribution in [0.3, 0.4) is 0 Å². The van der Waals surface area contributed by atoms with Gasteiger partial charge in [0.1, 0.15) is 0 Å². The molecule has 8 heteroatoms. The van der Waals surface area contributed by atoms with Crippen LogP contribution in [0, 0.1) is 0 Å². The molecule has 2 aliphatic rings. The molecule has 0 spiro atoms. The normalized spacial score (nSPS) is 19.5. The standard InChI is InChI=1S/C22H28Cl2N2O4/c23-18-6-4-17(14-19(18)24)5-7-21(28)30-15-20(27)25-16-22(8-2-1-3-9-22)26-10-12-29-13-11-26/h4-7,14H,1-3,8-13,15-16H2,(H,25,27)/b7-5+. The van der Waals surface area contributed by atoms with Gasteiger partial charge in [-0.15, -0.1) is 0 Å². The summed E-state index contributed by atoms with van der Waals surface area (Å²) in [5, 5.41) is 3.83. The largest absolute Gasteiger partial charge is 0.452 e. The lowest BCUT2D eigenvalue weighted by atomic mass is 9.79. The molecule has 1 saturated heterocycles. The van der Waals surface area contributed by atoms with Gasteiger partial charge in [0.15, 0.2) is 6.61 Å². The van der Waals surface area contributed by atoms with E-state index in [2.05, 4.69) is 10.2 Å². The molecule has 164 valence electrons. The predicted molar refractivity (Wildman–Crippen MR) is 118 cm³/mol. The van der Waals surface area contributed by atoms with Crippen LogP contribution < -0.4 is 5.32 Å². The molecule has 1 aromatic rings. The van der Waals surface area contributed by atoms with Crippen molar-refractivity contribution in [2.45, 2.75) is 37.6 Å². The van der Waals surface area contributed by atoms with E-state index in [-0.39, 0.29) is 18.1 Å². The van der Waals surface area contributed by atoms with Crippen molar-refractivity contribution in [2.24, 2.45) is 0 Å². The second kappa shape index (κ2) is 11.1. The molecule has 1 heterocycles. The van der Waals surface area contributed by atoms with E-state index in [9.17, 15) is 9.59 Å². The van der Waals surface area contributed by atoms with Gasteiger partial charge >= 0.3 is 5.97 Å². The van der Waals surface area contributed by atoms with Gasteiger partial charge in [-0.3, -0.25) is 9.69 Å². The molecule has 30 heavy (non-hydrogen) atoms. The fraction of sp³-hybridized carbons (Fsp3) is 0.545. The molecule has 1 aliphatic carbocycles. The third kappa shape index (κ3) is 6.45. The molecule has 0 radical (unpaired) electrons. The van der Waals surface area contributed by atoms with Crippen molar-refractivity contribution in [1.29, 1.82) is 0 Å². The van der Waals surface area contributed by atoms with E-state index >= 15 is 0 Å². The monoisotopic (exact) mass is 454 g/mol. The average Bonchev–Trinajstić information content (AvgIpc) is 2.78. The summed E-state index contributed by atoms with van der Waals surface area (Å²) < 4.78 is 10.6. The number of amides is 1. The third-order valence-corrected chi connectivity index (χ3v) is 6.52. The van der Waals surface area contributed by atoms with E-state index in [0.29, 0.717) is 16.6 Å². The summed E-state index contributed by atoms with van der Waals surface area (Å²) in [5.41, 5.74) is 0.700. The van der Waals surface area contributed by atoms with Gasteiger partial charge in [-0.05, 0) is 36.6 Å². The van der Waals surface area contributed by atoms with Crippen molar-refractivity contribution in [3.05, 3.63) is 39.9 Å². The van der Waals surface area contributed by atoms with Crippen LogP contribution in [-0.2, 0) is 19.1 Å². The maximum atomic E-state index is 12.3. The Morgan fingerprint density at radius 2 is 1.87 bits per heavy atom. The summed E-state index contributed by atoms with van der Waals surface area (Å²) >= 11 is 11.8. The number of ether oxygens (including phenoxy) is 2. The first-order valence-electron chi connectivity index (χ1n) is 10.4. The summed E-state index contributed by atoms with van der Waals surface area (Å²) in [6, 6.07) is 5.04. The Kier molecular flexibility index (Phi) is 8.57. The predicted octanol–water partition coefficient (Wildman–Crippen LogP) is 3.70. The maximum absolute atomic E-state index is 12.3. The van der Waals surface area contributed by atoms with Crippen molar-refractivity contribution >= 4 is 41.2 Å². The van der Waals surface area contributed by atoms with Crippen molar-refractivity contribution in [3.63, 3.8) is 0 Å². The first-order valence-corrected chi connectivity index (χ1v) is 11.1. The Morgan fingerprint density at radius 1 is 1.13 bits per heavy atom. The van der Waals surface area contributed by atoms with E-state index < -0.39 is 5.97 Å². The number of hydrogen-bond donors (Lipinski definition) is 1. The van der Waals surface area contributed by atoms with Crippen LogP contribution in [0.2, 0.25) is 10.0 Å². The first-order chi connectivity index (χ1) is 14.5. The number of nitrogens with one attached hydrogen (secondary N) is 1. The highest BCUT2D eigenvalue weighted by Gasteiger charge is 2.38. The summed E-state index contributed by atoms with van der Waals surface area (Å²) in [5.74, 6) is -0.874. The van der Waals surface area contributed by atoms with Crippen LogP contribution in [0.25, 0.3) is 6.08 Å². The average molecular weight is 455 g/mol. The number of nitrogens with zero attached hydrogens (tertiary/aromatic N) is 1. The zero-order chi connectivity index (χ0) is 21.4. The van der Waals surface area contributed by atoms with E-state index in [1.807, 2.05) is 0 Å². The molecule has 0 unspecified atom stereocenters. The topological polar surface area (TPSA) is 67.9 Å². The number of rotatable bonds is 7. The molecule has 1 N–H and O–H groups in total. The van der Waals surface area contributed by atoms with E-state index in [4.69, 9.17) is 32.7 Å². The third-order valence-electron chi connectivity index (χ3n) is 5.78. The Balaban J connectivity index is 1.46. The molecule has 3 rings (SSSR count). The van der Waals surface area contributed by atoms with Crippen molar-refractivity contribution < 1.29 is 19.1 Å². The van der Waals surface area contributed by atoms with Crippen molar-refractivity contribution in [1.82, 2.24) is 10.2 Å². The molecule has 6 nitrogen and oxygen atoms in total. The minimum atomic E-state index is -0.586. The Morgan fingerprint density at radius 3 is 2.57 bits per heavy atom. The molecule has 2 fully saturated rings. The number of halogens is 2. The van der Waals surface area contributed by atoms with Crippen molar-refractivity contribution in [3.8, 4) is 0 Å². The van der Waals surface area contributed by atoms with Gasteiger partial charge in [0.25, 0.3) is 5.91 Å². The Hall–Kier alpha value is -1.60. The fourth-order valence-corrected chi connectivity index (χ4v) is 4.44. The quantitative estimate of drug-likeness (QED) is 0.502. The number of hydrogen-bond acceptors (Lipinski definition) is 5. The lowest BCUT2D eigenvalue weighted by molar-refractivity contribution is -0.144. The first kappa shape index (κ1) is 23.1. The van der Waals surface area contributed by atoms with Crippen LogP contribution in [-0.4, -0.2) is 61.8 Å². The molecule has 1 aromatic carbocycles. The maximum Gasteiger partial charge on any atom is 0.331 e. The summed E-state index contributed by atoms with van der Waals surface area (Å²) in [6.45, 7) is 3.53. The smallest absolute Gasteiger partial charge is 0.331 e. The van der Waals surface area contributed by atoms with Gasteiger partial charge in [0, 0.05) is 31.2 Å². The number of carbonyl (C=O) groups excluding carboxylic acids is 2. The second-order valence-corrected chi connectivity index (χ2v) is 8.59. The zero-order valence-corrected chi connectivity index (χ0v) is 18.5. The fourth-order valence-electron chi connectivity index (χ4n) is 4.13. The zero-order valence-electron chi connectivity index (χ0n) is 17.0. The number of esters is 1. The summed E-state index contributed by atoms with van der Waals surface area (Å²) in [4.78, 5) is 26.7. The van der Waals surface area contributed by atoms with Crippen LogP contribution in [0.5, 0.6) is 0 Å². The van der Waals surface area contributed by atoms with Gasteiger partial charge in [-0.1, -0.05) is 48.5 Å². The van der Waals surface area contributed by atoms with Gasteiger partial charge in [0.2, 0.25) is 0 Å². The van der Waals surface area contributed by atoms with Crippen LogP contribution in [0.4, 0.5) is 0 Å². The van der Waals surface area contributed by atoms with Gasteiger partial charge in [0.05, 0.1) is 23.3 Å². The molecular weight excluding hydrogens is 427 g/mol. The number of benzene rings is 1. The highest BCUT2D eigenvalue weighted by molar-refractivity contribution is 6.42. The highest BCUT2D eigenvalue weighted by Crippen LogP contribution is 2.33. The lowest BCUT2D eigenvalue weighted by Crippen LogP contribution is -2.59.